The zero-order valence-electron chi connectivity index (χ0n) is 49.6. The number of ketones is 3. The highest BCUT2D eigenvalue weighted by Gasteiger charge is 2.53. The first kappa shape index (κ1) is 66.9. The molecule has 2 bridgehead atoms. The van der Waals surface area contributed by atoms with Gasteiger partial charge in [0.25, 0.3) is 11.7 Å². The summed E-state index contributed by atoms with van der Waals surface area (Å²) in [6.07, 6.45) is 9.57. The Morgan fingerprint density at radius 2 is 1.58 bits per heavy atom. The number of ether oxygens (including phenoxy) is 7. The van der Waals surface area contributed by atoms with Gasteiger partial charge in [0.15, 0.2) is 12.0 Å². The number of allylic oxidation sites excluding steroid dienone is 6. The van der Waals surface area contributed by atoms with Gasteiger partial charge in [-0.05, 0) is 119 Å². The predicted molar refractivity (Wildman–Crippen MR) is 297 cm³/mol. The quantitative estimate of drug-likeness (QED) is 0.0514. The Bertz CT molecular complexity index is 2170. The van der Waals surface area contributed by atoms with Gasteiger partial charge in [-0.2, -0.15) is 0 Å². The molecule has 18 nitrogen and oxygen atoms in total. The van der Waals surface area contributed by atoms with Gasteiger partial charge in [-0.25, -0.2) is 9.59 Å². The number of hydrogen-bond donors (Lipinski definition) is 3. The molecule has 1 aliphatic carbocycles. The highest BCUT2D eigenvalue weighted by atomic mass is 16.6. The fourth-order valence-electron chi connectivity index (χ4n) is 11.5. The van der Waals surface area contributed by atoms with Gasteiger partial charge in [0, 0.05) is 71.3 Å². The molecule has 0 aromatic rings. The normalized spacial score (nSPS) is 35.6. The zero-order chi connectivity index (χ0) is 58.7. The van der Waals surface area contributed by atoms with Crippen molar-refractivity contribution in [3.8, 4) is 0 Å². The van der Waals surface area contributed by atoms with Crippen LogP contribution in [0.25, 0.3) is 0 Å². The average Bonchev–Trinajstić information content (AvgIpc) is 3.44. The number of piperidine rings is 1. The lowest BCUT2D eigenvalue weighted by Gasteiger charge is -2.42. The van der Waals surface area contributed by atoms with E-state index >= 15 is 0 Å². The SMILES string of the molecule is CCCC(=O)OC(CC(C)C)NC(=O)O[C@@H]1CCC(CC(C)C2CC(=O)C(C)/C=C(\C)[C@@H](O)C(OC)C(=O)[C@H](C)CC(C)\C=C/C=C/C=C(\C)C(OC)CC3CC[C@@H](C)[C@@](O)(O3)C(=O)C(=O)N3CCCC[C@H]3C(=O)O2)CC1OC. The van der Waals surface area contributed by atoms with Crippen LogP contribution < -0.4 is 5.32 Å². The molecular formula is C61H96N2O16. The summed E-state index contributed by atoms with van der Waals surface area (Å²) in [7, 11) is 4.47. The maximum Gasteiger partial charge on any atom is 0.410 e. The largest absolute Gasteiger partial charge is 0.460 e. The molecule has 4 aliphatic rings. The Kier molecular flexibility index (Phi) is 27.2. The molecule has 79 heavy (non-hydrogen) atoms. The summed E-state index contributed by atoms with van der Waals surface area (Å²) in [6.45, 7) is 18.4. The molecule has 16 atom stereocenters. The third kappa shape index (κ3) is 19.5. The molecule has 1 saturated carbocycles. The van der Waals surface area contributed by atoms with Crippen molar-refractivity contribution in [1.29, 1.82) is 0 Å². The van der Waals surface area contributed by atoms with Crippen molar-refractivity contribution < 1.29 is 76.9 Å². The van der Waals surface area contributed by atoms with Crippen molar-refractivity contribution in [3.63, 3.8) is 0 Å². The van der Waals surface area contributed by atoms with Gasteiger partial charge in [0.05, 0.1) is 18.3 Å². The molecule has 0 spiro atoms. The number of carbonyl (C=O) groups excluding carboxylic acids is 7. The second-order valence-corrected chi connectivity index (χ2v) is 23.5. The van der Waals surface area contributed by atoms with Crippen molar-refractivity contribution in [3.05, 3.63) is 47.6 Å². The molecule has 3 aliphatic heterocycles. The monoisotopic (exact) mass is 1110 g/mol. The van der Waals surface area contributed by atoms with Gasteiger partial charge < -0.3 is 48.3 Å². The van der Waals surface area contributed by atoms with E-state index < -0.39 is 114 Å². The summed E-state index contributed by atoms with van der Waals surface area (Å²) < 4.78 is 41.3. The second kappa shape index (κ2) is 32.2. The maximum atomic E-state index is 14.6. The van der Waals surface area contributed by atoms with Crippen LogP contribution in [0.4, 0.5) is 4.79 Å². The predicted octanol–water partition coefficient (Wildman–Crippen LogP) is 8.63. The molecule has 0 aromatic heterocycles. The van der Waals surface area contributed by atoms with Crippen LogP contribution >= 0.6 is 0 Å². The first-order valence-electron chi connectivity index (χ1n) is 29.0. The highest BCUT2D eigenvalue weighted by Crippen LogP contribution is 2.38. The van der Waals surface area contributed by atoms with Crippen molar-refractivity contribution in [1.82, 2.24) is 10.2 Å². The first-order valence-corrected chi connectivity index (χ1v) is 29.0. The fraction of sp³-hybridized carbons (Fsp3) is 0.754. The van der Waals surface area contributed by atoms with Gasteiger partial charge in [0.1, 0.15) is 36.2 Å². The number of hydrogen-bond acceptors (Lipinski definition) is 16. The van der Waals surface area contributed by atoms with Crippen LogP contribution in [0.1, 0.15) is 166 Å². The average molecular weight is 1110 g/mol. The number of fused-ring (bicyclic) bond motifs is 3. The third-order valence-electron chi connectivity index (χ3n) is 16.4. The molecule has 3 heterocycles. The van der Waals surface area contributed by atoms with E-state index in [1.54, 1.807) is 40.9 Å². The number of rotatable bonds is 13. The molecule has 446 valence electrons. The molecule has 4 rings (SSSR count). The lowest BCUT2D eigenvalue weighted by atomic mass is 9.78. The standard InChI is InChI=1S/C61H96N2O16/c1-14-20-53(65)78-52(29-36(2)3)62-60(71)77-48-27-25-44(33-51(48)74-12)32-40(7)50-35-47(64)39(6)31-42(9)55(67)56(75-13)54(66)41(8)30-37(4)21-16-15-17-22-38(5)49(73-11)34-45-26-24-43(10)61(72,79-45)57(68)58(69)63-28-19-18-23-46(63)59(70)76-50/h15-17,21-22,31,36-37,39-41,43-46,48-52,55-56,67,72H,14,18-20,23-30,32-35H2,1-13H3,(H,62,71)/b17-15+,21-16-,38-22+,42-31+/t37?,39?,40?,41-,43-,44?,45?,46+,48-,49?,50?,51?,52?,55-,56?,61-/m1/s1. The molecular weight excluding hydrogens is 1020 g/mol. The molecule has 18 heteroatoms. The minimum Gasteiger partial charge on any atom is -0.460 e. The molecule has 10 unspecified atom stereocenters. The van der Waals surface area contributed by atoms with Crippen LogP contribution in [-0.2, 0) is 61.9 Å². The smallest absolute Gasteiger partial charge is 0.410 e. The second-order valence-electron chi connectivity index (χ2n) is 23.5. The molecule has 2 amide bonds. The minimum atomic E-state index is -2.47. The van der Waals surface area contributed by atoms with Crippen LogP contribution in [0.15, 0.2) is 47.6 Å². The van der Waals surface area contributed by atoms with E-state index in [-0.39, 0.29) is 55.1 Å². The number of esters is 2. The Hall–Kier alpha value is -4.59. The molecule has 0 aromatic carbocycles. The number of Topliss-reactive ketones (excluding diaryl/α,β-unsaturated/α-hetero) is 3. The fourth-order valence-corrected chi connectivity index (χ4v) is 11.5. The van der Waals surface area contributed by atoms with Gasteiger partial charge in [-0.1, -0.05) is 91.8 Å². The zero-order valence-corrected chi connectivity index (χ0v) is 49.6. The van der Waals surface area contributed by atoms with Crippen molar-refractivity contribution in [2.75, 3.05) is 27.9 Å². The van der Waals surface area contributed by atoms with E-state index in [2.05, 4.69) is 5.32 Å². The lowest BCUT2D eigenvalue weighted by molar-refractivity contribution is -0.265. The summed E-state index contributed by atoms with van der Waals surface area (Å²) in [6, 6.07) is -1.20. The number of methoxy groups -OCH3 is 3. The van der Waals surface area contributed by atoms with E-state index in [4.69, 9.17) is 33.2 Å². The maximum absolute atomic E-state index is 14.6. The summed E-state index contributed by atoms with van der Waals surface area (Å²) in [5, 5.41) is 26.3. The highest BCUT2D eigenvalue weighted by molar-refractivity contribution is 6.39. The molecule has 3 fully saturated rings. The number of cyclic esters (lactones) is 1. The van der Waals surface area contributed by atoms with Gasteiger partial charge >= 0.3 is 18.0 Å². The number of nitrogens with zero attached hydrogens (tertiary/aromatic N) is 1. The third-order valence-corrected chi connectivity index (χ3v) is 16.4. The van der Waals surface area contributed by atoms with Crippen LogP contribution in [0, 0.1) is 41.4 Å². The molecule has 0 radical (unpaired) electrons. The van der Waals surface area contributed by atoms with Crippen molar-refractivity contribution in [2.24, 2.45) is 41.4 Å². The molecule has 2 saturated heterocycles. The minimum absolute atomic E-state index is 0.00771. The summed E-state index contributed by atoms with van der Waals surface area (Å²) in [5.41, 5.74) is 1.22. The Morgan fingerprint density at radius 1 is 0.861 bits per heavy atom. The van der Waals surface area contributed by atoms with E-state index in [1.165, 1.54) is 19.1 Å². The summed E-state index contributed by atoms with van der Waals surface area (Å²) in [4.78, 5) is 98.4. The Balaban J connectivity index is 1.65. The van der Waals surface area contributed by atoms with Gasteiger partial charge in [-0.3, -0.25) is 29.3 Å². The number of carbonyl (C=O) groups is 7. The van der Waals surface area contributed by atoms with E-state index in [0.717, 1.165) is 5.57 Å². The summed E-state index contributed by atoms with van der Waals surface area (Å²) in [5.74, 6) is -8.88. The van der Waals surface area contributed by atoms with Crippen molar-refractivity contribution in [2.45, 2.75) is 226 Å². The topological polar surface area (TPSA) is 240 Å². The molecule has 3 N–H and O–H groups in total. The van der Waals surface area contributed by atoms with Gasteiger partial charge in [0.2, 0.25) is 5.79 Å². The van der Waals surface area contributed by atoms with Gasteiger partial charge in [-0.15, -0.1) is 0 Å². The number of amides is 2. The van der Waals surface area contributed by atoms with Crippen LogP contribution in [0.2, 0.25) is 0 Å². The van der Waals surface area contributed by atoms with Crippen LogP contribution in [0.5, 0.6) is 0 Å². The summed E-state index contributed by atoms with van der Waals surface area (Å²) >= 11 is 0. The number of nitrogens with one attached hydrogen (secondary N) is 1. The number of aliphatic hydroxyl groups excluding tert-OH is 1. The van der Waals surface area contributed by atoms with E-state index in [0.29, 0.717) is 82.6 Å². The van der Waals surface area contributed by atoms with Crippen LogP contribution in [0.3, 0.4) is 0 Å². The Labute approximate surface area is 470 Å². The number of aliphatic hydroxyl groups is 2. The Morgan fingerprint density at radius 3 is 2.24 bits per heavy atom. The van der Waals surface area contributed by atoms with Crippen LogP contribution in [-0.4, -0.2) is 145 Å². The van der Waals surface area contributed by atoms with E-state index in [1.807, 2.05) is 71.9 Å². The van der Waals surface area contributed by atoms with Crippen molar-refractivity contribution >= 4 is 41.3 Å². The first-order chi connectivity index (χ1) is 37.4. The number of alkyl carbamates (subject to hydrolysis) is 1. The lowest BCUT2D eigenvalue weighted by Crippen LogP contribution is -2.61. The van der Waals surface area contributed by atoms with E-state index in [9.17, 15) is 43.8 Å².